The van der Waals surface area contributed by atoms with Gasteiger partial charge in [-0.05, 0) is 12.0 Å². The van der Waals surface area contributed by atoms with Crippen molar-refractivity contribution in [3.05, 3.63) is 35.9 Å². The Balaban J connectivity index is 2.02. The van der Waals surface area contributed by atoms with Gasteiger partial charge in [-0.2, -0.15) is 0 Å². The predicted octanol–water partition coefficient (Wildman–Crippen LogP) is 0.995. The molecule has 1 unspecified atom stereocenters. The van der Waals surface area contributed by atoms with Crippen LogP contribution < -0.4 is 0 Å². The van der Waals surface area contributed by atoms with Crippen LogP contribution in [0.25, 0.3) is 0 Å². The molecular weight excluding hydrogens is 190 g/mol. The SMILES string of the molecule is O=C(CO)N1CCC(c2ccccc2)C1. The van der Waals surface area contributed by atoms with Crippen LogP contribution in [-0.2, 0) is 4.79 Å². The minimum atomic E-state index is -0.374. The highest BCUT2D eigenvalue weighted by Gasteiger charge is 2.26. The van der Waals surface area contributed by atoms with Gasteiger partial charge in [0.05, 0.1) is 0 Å². The van der Waals surface area contributed by atoms with E-state index in [1.807, 2.05) is 18.2 Å². The van der Waals surface area contributed by atoms with E-state index in [1.54, 1.807) is 4.90 Å². The van der Waals surface area contributed by atoms with Gasteiger partial charge < -0.3 is 10.0 Å². The Bertz CT molecular complexity index is 337. The van der Waals surface area contributed by atoms with E-state index in [0.717, 1.165) is 19.5 Å². The van der Waals surface area contributed by atoms with Gasteiger partial charge >= 0.3 is 0 Å². The van der Waals surface area contributed by atoms with Crippen molar-refractivity contribution in [2.75, 3.05) is 19.7 Å². The van der Waals surface area contributed by atoms with Crippen molar-refractivity contribution in [3.8, 4) is 0 Å². The Hall–Kier alpha value is -1.35. The molecule has 1 fully saturated rings. The van der Waals surface area contributed by atoms with Crippen LogP contribution in [0.2, 0.25) is 0 Å². The minimum Gasteiger partial charge on any atom is -0.387 e. The average molecular weight is 205 g/mol. The molecule has 3 heteroatoms. The number of carbonyl (C=O) groups is 1. The molecule has 1 aromatic carbocycles. The summed E-state index contributed by atoms with van der Waals surface area (Å²) in [5.41, 5.74) is 1.28. The molecule has 0 aromatic heterocycles. The summed E-state index contributed by atoms with van der Waals surface area (Å²) in [4.78, 5) is 13.0. The Kier molecular flexibility index (Phi) is 3.02. The van der Waals surface area contributed by atoms with E-state index in [-0.39, 0.29) is 12.5 Å². The van der Waals surface area contributed by atoms with E-state index in [0.29, 0.717) is 5.92 Å². The smallest absolute Gasteiger partial charge is 0.248 e. The fraction of sp³-hybridized carbons (Fsp3) is 0.417. The van der Waals surface area contributed by atoms with Crippen LogP contribution in [0, 0.1) is 0 Å². The van der Waals surface area contributed by atoms with Crippen LogP contribution in [-0.4, -0.2) is 35.6 Å². The number of aliphatic hydroxyl groups excluding tert-OH is 1. The van der Waals surface area contributed by atoms with Gasteiger partial charge in [0, 0.05) is 19.0 Å². The van der Waals surface area contributed by atoms with Gasteiger partial charge in [0.15, 0.2) is 0 Å². The molecule has 2 rings (SSSR count). The maximum Gasteiger partial charge on any atom is 0.248 e. The van der Waals surface area contributed by atoms with Crippen molar-refractivity contribution in [1.82, 2.24) is 4.90 Å². The number of rotatable bonds is 2. The molecule has 0 bridgehead atoms. The topological polar surface area (TPSA) is 40.5 Å². The number of carbonyl (C=O) groups excluding carboxylic acids is 1. The number of hydrogen-bond donors (Lipinski definition) is 1. The van der Waals surface area contributed by atoms with Gasteiger partial charge in [0.2, 0.25) is 5.91 Å². The highest BCUT2D eigenvalue weighted by molar-refractivity contribution is 5.77. The summed E-state index contributed by atoms with van der Waals surface area (Å²) < 4.78 is 0. The number of aliphatic hydroxyl groups is 1. The molecule has 80 valence electrons. The molecule has 1 heterocycles. The fourth-order valence-corrected chi connectivity index (χ4v) is 2.08. The second-order valence-electron chi connectivity index (χ2n) is 3.89. The van der Waals surface area contributed by atoms with E-state index >= 15 is 0 Å². The first-order chi connectivity index (χ1) is 7.31. The van der Waals surface area contributed by atoms with Crippen LogP contribution in [0.1, 0.15) is 17.9 Å². The Morgan fingerprint density at radius 1 is 1.40 bits per heavy atom. The molecule has 1 atom stereocenters. The van der Waals surface area contributed by atoms with Gasteiger partial charge in [-0.15, -0.1) is 0 Å². The summed E-state index contributed by atoms with van der Waals surface area (Å²) in [6.45, 7) is 1.13. The molecule has 3 nitrogen and oxygen atoms in total. The summed E-state index contributed by atoms with van der Waals surface area (Å²) in [7, 11) is 0. The molecule has 1 saturated heterocycles. The van der Waals surface area contributed by atoms with E-state index in [2.05, 4.69) is 12.1 Å². The van der Waals surface area contributed by atoms with Crippen molar-refractivity contribution >= 4 is 5.91 Å². The van der Waals surface area contributed by atoms with Gasteiger partial charge in [-0.1, -0.05) is 30.3 Å². The molecule has 1 aliphatic heterocycles. The Morgan fingerprint density at radius 3 is 2.80 bits per heavy atom. The number of hydrogen-bond acceptors (Lipinski definition) is 2. The fourth-order valence-electron chi connectivity index (χ4n) is 2.08. The van der Waals surface area contributed by atoms with E-state index in [9.17, 15) is 4.79 Å². The third-order valence-corrected chi connectivity index (χ3v) is 2.95. The molecular formula is C12H15NO2. The lowest BCUT2D eigenvalue weighted by Gasteiger charge is -2.15. The van der Waals surface area contributed by atoms with Crippen LogP contribution in [0.5, 0.6) is 0 Å². The standard InChI is InChI=1S/C12H15NO2/c14-9-12(15)13-7-6-11(8-13)10-4-2-1-3-5-10/h1-5,11,14H,6-9H2. The molecule has 0 radical (unpaired) electrons. The Labute approximate surface area is 89.3 Å². The summed E-state index contributed by atoms with van der Waals surface area (Å²) in [5.74, 6) is 0.273. The predicted molar refractivity (Wildman–Crippen MR) is 57.5 cm³/mol. The third kappa shape index (κ3) is 2.18. The van der Waals surface area contributed by atoms with Crippen molar-refractivity contribution in [1.29, 1.82) is 0 Å². The first-order valence-corrected chi connectivity index (χ1v) is 5.25. The van der Waals surface area contributed by atoms with Gasteiger partial charge in [-0.25, -0.2) is 0 Å². The zero-order chi connectivity index (χ0) is 10.7. The minimum absolute atomic E-state index is 0.159. The first kappa shape index (κ1) is 10.2. The van der Waals surface area contributed by atoms with Gasteiger partial charge in [-0.3, -0.25) is 4.79 Å². The van der Waals surface area contributed by atoms with E-state index in [4.69, 9.17) is 5.11 Å². The molecule has 1 aromatic rings. The molecule has 15 heavy (non-hydrogen) atoms. The number of amides is 1. The molecule has 1 amide bonds. The monoisotopic (exact) mass is 205 g/mol. The average Bonchev–Trinajstić information content (AvgIpc) is 2.78. The normalized spacial score (nSPS) is 20.6. The largest absolute Gasteiger partial charge is 0.387 e. The second-order valence-corrected chi connectivity index (χ2v) is 3.89. The third-order valence-electron chi connectivity index (χ3n) is 2.95. The van der Waals surface area contributed by atoms with E-state index in [1.165, 1.54) is 5.56 Å². The number of nitrogens with zero attached hydrogens (tertiary/aromatic N) is 1. The first-order valence-electron chi connectivity index (χ1n) is 5.25. The molecule has 0 spiro atoms. The molecule has 0 aliphatic carbocycles. The lowest BCUT2D eigenvalue weighted by Crippen LogP contribution is -2.30. The van der Waals surface area contributed by atoms with Crippen LogP contribution >= 0.6 is 0 Å². The summed E-state index contributed by atoms with van der Waals surface area (Å²) in [6.07, 6.45) is 0.996. The van der Waals surface area contributed by atoms with Crippen molar-refractivity contribution in [3.63, 3.8) is 0 Å². The van der Waals surface area contributed by atoms with Gasteiger partial charge in [0.1, 0.15) is 6.61 Å². The van der Waals surface area contributed by atoms with Crippen molar-refractivity contribution < 1.29 is 9.90 Å². The molecule has 1 aliphatic rings. The molecule has 0 saturated carbocycles. The molecule has 1 N–H and O–H groups in total. The second kappa shape index (κ2) is 4.45. The van der Waals surface area contributed by atoms with Crippen molar-refractivity contribution in [2.24, 2.45) is 0 Å². The van der Waals surface area contributed by atoms with Crippen LogP contribution in [0.3, 0.4) is 0 Å². The highest BCUT2D eigenvalue weighted by atomic mass is 16.3. The lowest BCUT2D eigenvalue weighted by molar-refractivity contribution is -0.133. The summed E-state index contributed by atoms with van der Waals surface area (Å²) >= 11 is 0. The number of likely N-dealkylation sites (tertiary alicyclic amines) is 1. The van der Waals surface area contributed by atoms with Crippen LogP contribution in [0.4, 0.5) is 0 Å². The maximum atomic E-state index is 11.3. The van der Waals surface area contributed by atoms with Crippen molar-refractivity contribution in [2.45, 2.75) is 12.3 Å². The summed E-state index contributed by atoms with van der Waals surface area (Å²) in [5, 5.41) is 8.76. The van der Waals surface area contributed by atoms with Gasteiger partial charge in [0.25, 0.3) is 0 Å². The highest BCUT2D eigenvalue weighted by Crippen LogP contribution is 2.26. The number of benzene rings is 1. The maximum absolute atomic E-state index is 11.3. The Morgan fingerprint density at radius 2 is 2.13 bits per heavy atom. The zero-order valence-corrected chi connectivity index (χ0v) is 8.60. The zero-order valence-electron chi connectivity index (χ0n) is 8.60. The van der Waals surface area contributed by atoms with E-state index < -0.39 is 0 Å². The quantitative estimate of drug-likeness (QED) is 0.782. The van der Waals surface area contributed by atoms with Crippen LogP contribution in [0.15, 0.2) is 30.3 Å². The lowest BCUT2D eigenvalue weighted by atomic mass is 9.99. The summed E-state index contributed by atoms with van der Waals surface area (Å²) in [6, 6.07) is 10.2.